The van der Waals surface area contributed by atoms with E-state index in [2.05, 4.69) is 10.6 Å². The van der Waals surface area contributed by atoms with Crippen molar-refractivity contribution in [2.75, 3.05) is 6.54 Å². The van der Waals surface area contributed by atoms with Crippen molar-refractivity contribution in [2.24, 2.45) is 5.92 Å². The lowest BCUT2D eigenvalue weighted by molar-refractivity contribution is 0.0910. The van der Waals surface area contributed by atoms with E-state index >= 15 is 0 Å². The molecule has 3 N–H and O–H groups in total. The monoisotopic (exact) mass is 274 g/mol. The highest BCUT2D eigenvalue weighted by Gasteiger charge is 2.20. The first-order valence-electron chi connectivity index (χ1n) is 7.51. The number of amides is 1. The lowest BCUT2D eigenvalue weighted by Crippen LogP contribution is -2.32. The van der Waals surface area contributed by atoms with Gasteiger partial charge >= 0.3 is 0 Å². The second kappa shape index (κ2) is 5.94. The minimum atomic E-state index is -0.133. The molecule has 2 aliphatic rings. The molecule has 20 heavy (non-hydrogen) atoms. The molecule has 1 heterocycles. The molecular weight excluding hydrogens is 252 g/mol. The summed E-state index contributed by atoms with van der Waals surface area (Å²) in [7, 11) is 0. The van der Waals surface area contributed by atoms with Gasteiger partial charge in [0.25, 0.3) is 5.91 Å². The van der Waals surface area contributed by atoms with Gasteiger partial charge in [-0.3, -0.25) is 4.79 Å². The highest BCUT2D eigenvalue weighted by molar-refractivity contribution is 5.94. The summed E-state index contributed by atoms with van der Waals surface area (Å²) in [6.07, 6.45) is 3.62. The Hall–Kier alpha value is -1.39. The Kier molecular flexibility index (Phi) is 4.03. The third-order valence-electron chi connectivity index (χ3n) is 4.47. The third kappa shape index (κ3) is 3.02. The van der Waals surface area contributed by atoms with Crippen molar-refractivity contribution in [1.29, 1.82) is 0 Å². The predicted octanol–water partition coefficient (Wildman–Crippen LogP) is 1.57. The molecule has 0 radical (unpaired) electrons. The second-order valence-electron chi connectivity index (χ2n) is 5.97. The van der Waals surface area contributed by atoms with Crippen molar-refractivity contribution in [3.63, 3.8) is 0 Å². The first kappa shape index (κ1) is 13.6. The fraction of sp³-hybridized carbons (Fsp3) is 0.562. The van der Waals surface area contributed by atoms with Crippen molar-refractivity contribution in [3.8, 4) is 0 Å². The zero-order chi connectivity index (χ0) is 13.9. The highest BCUT2D eigenvalue weighted by Crippen LogP contribution is 2.23. The Morgan fingerprint density at radius 2 is 1.95 bits per heavy atom. The van der Waals surface area contributed by atoms with Crippen LogP contribution < -0.4 is 10.6 Å². The minimum absolute atomic E-state index is 0.0193. The lowest BCUT2D eigenvalue weighted by atomic mass is 9.87. The van der Waals surface area contributed by atoms with Gasteiger partial charge in [0.15, 0.2) is 0 Å². The van der Waals surface area contributed by atoms with Crippen LogP contribution in [-0.4, -0.2) is 23.7 Å². The molecule has 0 atom stereocenters. The van der Waals surface area contributed by atoms with Crippen molar-refractivity contribution in [3.05, 3.63) is 34.9 Å². The van der Waals surface area contributed by atoms with E-state index in [0.717, 1.165) is 50.9 Å². The average Bonchev–Trinajstić information content (AvgIpc) is 2.93. The average molecular weight is 274 g/mol. The maximum Gasteiger partial charge on any atom is 0.251 e. The Morgan fingerprint density at radius 3 is 2.75 bits per heavy atom. The molecule has 0 bridgehead atoms. The number of carbonyl (C=O) groups is 1. The quantitative estimate of drug-likeness (QED) is 0.784. The van der Waals surface area contributed by atoms with Gasteiger partial charge in [-0.05, 0) is 54.9 Å². The molecule has 0 saturated heterocycles. The van der Waals surface area contributed by atoms with Gasteiger partial charge < -0.3 is 15.7 Å². The number of hydrogen-bond donors (Lipinski definition) is 3. The summed E-state index contributed by atoms with van der Waals surface area (Å²) in [5.74, 6) is 0.532. The fourth-order valence-electron chi connectivity index (χ4n) is 3.12. The maximum atomic E-state index is 12.2. The molecule has 3 rings (SSSR count). The van der Waals surface area contributed by atoms with Crippen LogP contribution in [-0.2, 0) is 13.1 Å². The third-order valence-corrected chi connectivity index (χ3v) is 4.47. The van der Waals surface area contributed by atoms with Crippen LogP contribution in [0.2, 0.25) is 0 Å². The first-order chi connectivity index (χ1) is 9.72. The summed E-state index contributed by atoms with van der Waals surface area (Å²) in [6, 6.07) is 5.95. The molecule has 1 aromatic carbocycles. The molecule has 1 aliphatic carbocycles. The van der Waals surface area contributed by atoms with E-state index in [1.54, 1.807) is 0 Å². The van der Waals surface area contributed by atoms with Crippen LogP contribution in [0.5, 0.6) is 0 Å². The normalized spacial score (nSPS) is 25.2. The molecule has 1 aliphatic heterocycles. The summed E-state index contributed by atoms with van der Waals surface area (Å²) in [5.41, 5.74) is 3.28. The number of hydrogen-bond acceptors (Lipinski definition) is 3. The number of fused-ring (bicyclic) bond motifs is 1. The summed E-state index contributed by atoms with van der Waals surface area (Å²) >= 11 is 0. The van der Waals surface area contributed by atoms with Crippen molar-refractivity contribution >= 4 is 5.91 Å². The van der Waals surface area contributed by atoms with Gasteiger partial charge in [0.05, 0.1) is 6.10 Å². The number of rotatable bonds is 3. The topological polar surface area (TPSA) is 61.4 Å². The zero-order valence-electron chi connectivity index (χ0n) is 11.7. The molecule has 108 valence electrons. The standard InChI is InChI=1S/C16H22N2O2/c19-15-5-1-11(2-6-15)8-18-16(20)12-3-4-13-9-17-10-14(13)7-12/h3-4,7,11,15,17,19H,1-2,5-6,8-10H2,(H,18,20). The minimum Gasteiger partial charge on any atom is -0.393 e. The Morgan fingerprint density at radius 1 is 1.20 bits per heavy atom. The Labute approximate surface area is 119 Å². The van der Waals surface area contributed by atoms with Gasteiger partial charge in [-0.2, -0.15) is 0 Å². The van der Waals surface area contributed by atoms with Crippen LogP contribution in [0.25, 0.3) is 0 Å². The molecule has 1 saturated carbocycles. The van der Waals surface area contributed by atoms with E-state index in [9.17, 15) is 9.90 Å². The summed E-state index contributed by atoms with van der Waals surface area (Å²) in [5, 5.41) is 15.8. The maximum absolute atomic E-state index is 12.2. The highest BCUT2D eigenvalue weighted by atomic mass is 16.3. The van der Waals surface area contributed by atoms with Gasteiger partial charge in [-0.1, -0.05) is 6.07 Å². The number of nitrogens with one attached hydrogen (secondary N) is 2. The van der Waals surface area contributed by atoms with Crippen LogP contribution >= 0.6 is 0 Å². The van der Waals surface area contributed by atoms with E-state index < -0.39 is 0 Å². The number of aliphatic hydroxyl groups is 1. The number of aliphatic hydroxyl groups excluding tert-OH is 1. The number of benzene rings is 1. The fourth-order valence-corrected chi connectivity index (χ4v) is 3.12. The van der Waals surface area contributed by atoms with E-state index in [1.807, 2.05) is 18.2 Å². The Bertz CT molecular complexity index is 493. The van der Waals surface area contributed by atoms with Crippen molar-refractivity contribution < 1.29 is 9.90 Å². The molecule has 1 fully saturated rings. The summed E-state index contributed by atoms with van der Waals surface area (Å²) < 4.78 is 0. The largest absolute Gasteiger partial charge is 0.393 e. The van der Waals surface area contributed by atoms with Crippen LogP contribution in [0.15, 0.2) is 18.2 Å². The van der Waals surface area contributed by atoms with Crippen molar-refractivity contribution in [1.82, 2.24) is 10.6 Å². The van der Waals surface area contributed by atoms with Gasteiger partial charge in [0, 0.05) is 25.2 Å². The molecule has 0 unspecified atom stereocenters. The van der Waals surface area contributed by atoms with Gasteiger partial charge in [-0.25, -0.2) is 0 Å². The van der Waals surface area contributed by atoms with Crippen LogP contribution in [0.4, 0.5) is 0 Å². The molecule has 4 nitrogen and oxygen atoms in total. The molecule has 0 spiro atoms. The predicted molar refractivity (Wildman–Crippen MR) is 77.3 cm³/mol. The molecular formula is C16H22N2O2. The van der Waals surface area contributed by atoms with E-state index in [4.69, 9.17) is 0 Å². The van der Waals surface area contributed by atoms with E-state index in [-0.39, 0.29) is 12.0 Å². The lowest BCUT2D eigenvalue weighted by Gasteiger charge is -2.25. The Balaban J connectivity index is 1.54. The van der Waals surface area contributed by atoms with Gasteiger partial charge in [-0.15, -0.1) is 0 Å². The first-order valence-corrected chi connectivity index (χ1v) is 7.51. The number of carbonyl (C=O) groups excluding carboxylic acids is 1. The van der Waals surface area contributed by atoms with Crippen LogP contribution in [0, 0.1) is 5.92 Å². The molecule has 1 aromatic rings. The van der Waals surface area contributed by atoms with Gasteiger partial charge in [0.2, 0.25) is 0 Å². The zero-order valence-corrected chi connectivity index (χ0v) is 11.7. The van der Waals surface area contributed by atoms with E-state index in [1.165, 1.54) is 11.1 Å². The van der Waals surface area contributed by atoms with Crippen molar-refractivity contribution in [2.45, 2.75) is 44.9 Å². The molecule has 0 aromatic heterocycles. The second-order valence-corrected chi connectivity index (χ2v) is 5.97. The van der Waals surface area contributed by atoms with Crippen LogP contribution in [0.3, 0.4) is 0 Å². The SMILES string of the molecule is O=C(NCC1CCC(O)CC1)c1ccc2c(c1)CNC2. The van der Waals surface area contributed by atoms with E-state index in [0.29, 0.717) is 5.92 Å². The summed E-state index contributed by atoms with van der Waals surface area (Å²) in [4.78, 5) is 12.2. The molecule has 1 amide bonds. The smallest absolute Gasteiger partial charge is 0.251 e. The summed E-state index contributed by atoms with van der Waals surface area (Å²) in [6.45, 7) is 2.49. The van der Waals surface area contributed by atoms with Gasteiger partial charge in [0.1, 0.15) is 0 Å². The van der Waals surface area contributed by atoms with Crippen LogP contribution in [0.1, 0.15) is 47.2 Å². The molecule has 4 heteroatoms.